The van der Waals surface area contributed by atoms with E-state index in [0.29, 0.717) is 12.1 Å². The van der Waals surface area contributed by atoms with E-state index in [9.17, 15) is 4.79 Å². The molecule has 0 aliphatic heterocycles. The van der Waals surface area contributed by atoms with E-state index < -0.39 is 0 Å². The number of amides is 1. The molecular formula is C17H17N3OS. The summed E-state index contributed by atoms with van der Waals surface area (Å²) in [5.41, 5.74) is 3.53. The topological polar surface area (TPSA) is 49.0 Å². The molecule has 1 amide bonds. The number of fused-ring (bicyclic) bond motifs is 1. The number of hydrogen-bond donors (Lipinski definition) is 1. The van der Waals surface area contributed by atoms with Crippen LogP contribution < -0.4 is 0 Å². The van der Waals surface area contributed by atoms with E-state index in [1.54, 1.807) is 23.0 Å². The molecule has 3 rings (SSSR count). The smallest absolute Gasteiger partial charge is 0.253 e. The van der Waals surface area contributed by atoms with E-state index in [0.717, 1.165) is 16.6 Å². The van der Waals surface area contributed by atoms with Gasteiger partial charge in [-0.1, -0.05) is 12.1 Å². The lowest BCUT2D eigenvalue weighted by atomic mass is 10.1. The minimum Gasteiger partial charge on any atom is -0.345 e. The first kappa shape index (κ1) is 14.7. The van der Waals surface area contributed by atoms with Crippen LogP contribution in [0.15, 0.2) is 53.7 Å². The lowest BCUT2D eigenvalue weighted by molar-refractivity contribution is 0.0785. The average molecular weight is 311 g/mol. The van der Waals surface area contributed by atoms with E-state index in [4.69, 9.17) is 0 Å². The van der Waals surface area contributed by atoms with Crippen molar-refractivity contribution in [2.75, 3.05) is 13.3 Å². The molecule has 4 nitrogen and oxygen atoms in total. The average Bonchev–Trinajstić information content (AvgIpc) is 3.02. The fourth-order valence-electron chi connectivity index (χ4n) is 2.37. The van der Waals surface area contributed by atoms with Crippen LogP contribution in [0.4, 0.5) is 0 Å². The minimum absolute atomic E-state index is 0.00504. The molecule has 5 heteroatoms. The number of imidazole rings is 1. The molecule has 1 heterocycles. The van der Waals surface area contributed by atoms with Gasteiger partial charge in [0, 0.05) is 24.1 Å². The molecule has 3 aromatic rings. The molecular weight excluding hydrogens is 294 g/mol. The third kappa shape index (κ3) is 2.99. The fourth-order valence-corrected chi connectivity index (χ4v) is 2.77. The predicted molar refractivity (Wildman–Crippen MR) is 90.1 cm³/mol. The van der Waals surface area contributed by atoms with Gasteiger partial charge in [-0.3, -0.25) is 4.79 Å². The quantitative estimate of drug-likeness (QED) is 0.750. The molecule has 22 heavy (non-hydrogen) atoms. The number of nitrogens with zero attached hydrogens (tertiary/aromatic N) is 2. The maximum absolute atomic E-state index is 12.5. The summed E-state index contributed by atoms with van der Waals surface area (Å²) in [5.74, 6) is 0.00504. The lowest BCUT2D eigenvalue weighted by Gasteiger charge is -2.17. The molecule has 2 aromatic carbocycles. The summed E-state index contributed by atoms with van der Waals surface area (Å²) in [4.78, 5) is 22.7. The zero-order chi connectivity index (χ0) is 15.5. The van der Waals surface area contributed by atoms with Crippen LogP contribution in [-0.4, -0.2) is 34.1 Å². The van der Waals surface area contributed by atoms with E-state index in [1.807, 2.05) is 25.2 Å². The molecule has 0 aliphatic carbocycles. The van der Waals surface area contributed by atoms with Gasteiger partial charge >= 0.3 is 0 Å². The molecule has 1 aromatic heterocycles. The zero-order valence-electron chi connectivity index (χ0n) is 12.5. The van der Waals surface area contributed by atoms with Crippen molar-refractivity contribution in [2.24, 2.45) is 0 Å². The van der Waals surface area contributed by atoms with Crippen LogP contribution in [0.2, 0.25) is 0 Å². The second-order valence-electron chi connectivity index (χ2n) is 5.14. The van der Waals surface area contributed by atoms with E-state index >= 15 is 0 Å². The number of aromatic amines is 1. The number of rotatable bonds is 4. The van der Waals surface area contributed by atoms with Crippen molar-refractivity contribution >= 4 is 28.7 Å². The van der Waals surface area contributed by atoms with Gasteiger partial charge in [0.2, 0.25) is 0 Å². The number of benzene rings is 2. The number of nitrogens with one attached hydrogen (secondary N) is 1. The Labute approximate surface area is 133 Å². The standard InChI is InChI=1S/C17H17N3OS/c1-20(10-12-3-6-14(22-2)7-4-12)17(21)13-5-8-15-16(9-13)19-11-18-15/h3-9,11H,10H2,1-2H3,(H,18,19). The molecule has 0 aliphatic rings. The fraction of sp³-hybridized carbons (Fsp3) is 0.176. The molecule has 0 saturated carbocycles. The Bertz CT molecular complexity index is 795. The Balaban J connectivity index is 1.75. The van der Waals surface area contributed by atoms with Crippen LogP contribution in [0, 0.1) is 0 Å². The number of H-pyrrole nitrogens is 1. The van der Waals surface area contributed by atoms with Crippen LogP contribution >= 0.6 is 11.8 Å². The van der Waals surface area contributed by atoms with Crippen LogP contribution in [0.3, 0.4) is 0 Å². The monoisotopic (exact) mass is 311 g/mol. The van der Waals surface area contributed by atoms with Crippen LogP contribution in [0.5, 0.6) is 0 Å². The summed E-state index contributed by atoms with van der Waals surface area (Å²) in [6, 6.07) is 13.8. The minimum atomic E-state index is 0.00504. The van der Waals surface area contributed by atoms with Gasteiger partial charge in [-0.15, -0.1) is 11.8 Å². The Morgan fingerprint density at radius 2 is 2.00 bits per heavy atom. The highest BCUT2D eigenvalue weighted by atomic mass is 32.2. The van der Waals surface area contributed by atoms with Gasteiger partial charge in [0.25, 0.3) is 5.91 Å². The van der Waals surface area contributed by atoms with Crippen molar-refractivity contribution in [3.63, 3.8) is 0 Å². The van der Waals surface area contributed by atoms with Gasteiger partial charge < -0.3 is 9.88 Å². The van der Waals surface area contributed by atoms with Gasteiger partial charge in [-0.05, 0) is 42.2 Å². The summed E-state index contributed by atoms with van der Waals surface area (Å²) in [6.45, 7) is 0.592. The van der Waals surface area contributed by atoms with Crippen molar-refractivity contribution in [2.45, 2.75) is 11.4 Å². The van der Waals surface area contributed by atoms with Gasteiger partial charge in [-0.2, -0.15) is 0 Å². The van der Waals surface area contributed by atoms with Gasteiger partial charge in [0.05, 0.1) is 17.4 Å². The molecule has 0 radical (unpaired) electrons. The first-order chi connectivity index (χ1) is 10.7. The first-order valence-corrected chi connectivity index (χ1v) is 8.21. The SMILES string of the molecule is CSc1ccc(CN(C)C(=O)c2ccc3nc[nH]c3c2)cc1. The first-order valence-electron chi connectivity index (χ1n) is 6.99. The second-order valence-corrected chi connectivity index (χ2v) is 6.02. The Morgan fingerprint density at radius 1 is 1.23 bits per heavy atom. The maximum Gasteiger partial charge on any atom is 0.253 e. The Hall–Kier alpha value is -2.27. The largest absolute Gasteiger partial charge is 0.345 e. The summed E-state index contributed by atoms with van der Waals surface area (Å²) in [5, 5.41) is 0. The van der Waals surface area contributed by atoms with Crippen LogP contribution in [0.25, 0.3) is 11.0 Å². The highest BCUT2D eigenvalue weighted by Crippen LogP contribution is 2.17. The number of hydrogen-bond acceptors (Lipinski definition) is 3. The van der Waals surface area contributed by atoms with Crippen molar-refractivity contribution < 1.29 is 4.79 Å². The lowest BCUT2D eigenvalue weighted by Crippen LogP contribution is -2.26. The molecule has 0 atom stereocenters. The second kappa shape index (κ2) is 6.23. The maximum atomic E-state index is 12.5. The third-order valence-corrected chi connectivity index (χ3v) is 4.34. The third-order valence-electron chi connectivity index (χ3n) is 3.59. The molecule has 0 spiro atoms. The number of carbonyl (C=O) groups is 1. The summed E-state index contributed by atoms with van der Waals surface area (Å²) < 4.78 is 0. The highest BCUT2D eigenvalue weighted by molar-refractivity contribution is 7.98. The summed E-state index contributed by atoms with van der Waals surface area (Å²) >= 11 is 1.71. The predicted octanol–water partition coefficient (Wildman–Crippen LogP) is 3.56. The summed E-state index contributed by atoms with van der Waals surface area (Å²) in [6.07, 6.45) is 3.69. The Morgan fingerprint density at radius 3 is 2.73 bits per heavy atom. The van der Waals surface area contributed by atoms with Crippen molar-refractivity contribution in [1.29, 1.82) is 0 Å². The van der Waals surface area contributed by atoms with Crippen LogP contribution in [0.1, 0.15) is 15.9 Å². The molecule has 112 valence electrons. The van der Waals surface area contributed by atoms with E-state index in [-0.39, 0.29) is 5.91 Å². The number of carbonyl (C=O) groups excluding carboxylic acids is 1. The number of aromatic nitrogens is 2. The highest BCUT2D eigenvalue weighted by Gasteiger charge is 2.13. The van der Waals surface area contributed by atoms with Crippen molar-refractivity contribution in [3.8, 4) is 0 Å². The van der Waals surface area contributed by atoms with E-state index in [1.165, 1.54) is 4.90 Å². The van der Waals surface area contributed by atoms with Gasteiger partial charge in [0.1, 0.15) is 0 Å². The molecule has 0 bridgehead atoms. The zero-order valence-corrected chi connectivity index (χ0v) is 13.4. The Kier molecular flexibility index (Phi) is 4.15. The summed E-state index contributed by atoms with van der Waals surface area (Å²) in [7, 11) is 1.82. The van der Waals surface area contributed by atoms with E-state index in [2.05, 4.69) is 40.5 Å². The number of thioether (sulfide) groups is 1. The van der Waals surface area contributed by atoms with Crippen molar-refractivity contribution in [3.05, 3.63) is 59.9 Å². The normalized spacial score (nSPS) is 10.8. The molecule has 0 saturated heterocycles. The van der Waals surface area contributed by atoms with Gasteiger partial charge in [-0.25, -0.2) is 4.98 Å². The van der Waals surface area contributed by atoms with Gasteiger partial charge in [0.15, 0.2) is 0 Å². The molecule has 0 fully saturated rings. The van der Waals surface area contributed by atoms with Crippen molar-refractivity contribution in [1.82, 2.24) is 14.9 Å². The van der Waals surface area contributed by atoms with Crippen LogP contribution in [-0.2, 0) is 6.54 Å². The molecule has 1 N–H and O–H groups in total. The molecule has 0 unspecified atom stereocenters.